The molecule has 1 unspecified atom stereocenters. The highest BCUT2D eigenvalue weighted by Gasteiger charge is 2.51. The van der Waals surface area contributed by atoms with Crippen molar-refractivity contribution in [3.05, 3.63) is 28.8 Å². The molecule has 108 valence electrons. The van der Waals surface area contributed by atoms with Gasteiger partial charge < -0.3 is 10.1 Å². The second-order valence-electron chi connectivity index (χ2n) is 4.96. The molecule has 0 aromatic heterocycles. The van der Waals surface area contributed by atoms with Crippen LogP contribution in [0, 0.1) is 0 Å². The molecule has 0 spiro atoms. The van der Waals surface area contributed by atoms with E-state index in [4.69, 9.17) is 16.3 Å². The van der Waals surface area contributed by atoms with Gasteiger partial charge in [0.25, 0.3) is 0 Å². The molecule has 5 heteroatoms. The summed E-state index contributed by atoms with van der Waals surface area (Å²) in [6.45, 7) is 3.81. The van der Waals surface area contributed by atoms with Gasteiger partial charge in [-0.1, -0.05) is 31.5 Å². The quantitative estimate of drug-likeness (QED) is 0.869. The molecule has 1 aliphatic heterocycles. The summed E-state index contributed by atoms with van der Waals surface area (Å²) in [7, 11) is 1.50. The van der Waals surface area contributed by atoms with Gasteiger partial charge in [-0.3, -0.25) is 9.59 Å². The first kappa shape index (κ1) is 14.9. The predicted octanol–water partition coefficient (Wildman–Crippen LogP) is 2.69. The van der Waals surface area contributed by atoms with E-state index in [-0.39, 0.29) is 11.7 Å². The largest absolute Gasteiger partial charge is 0.496 e. The fraction of sp³-hybridized carbons (Fsp3) is 0.467. The summed E-state index contributed by atoms with van der Waals surface area (Å²) in [5, 5.41) is 3.36. The Morgan fingerprint density at radius 1 is 1.30 bits per heavy atom. The number of ketones is 1. The van der Waals surface area contributed by atoms with Crippen LogP contribution in [0.4, 0.5) is 0 Å². The number of hydrogen-bond donors (Lipinski definition) is 1. The Morgan fingerprint density at radius 3 is 2.45 bits per heavy atom. The SMILES string of the molecule is CCC1(CC)NC(=O)C(c2ccc(Cl)cc2OC)C1=O. The maximum atomic E-state index is 12.7. The molecule has 0 aliphatic carbocycles. The minimum absolute atomic E-state index is 0.0897. The summed E-state index contributed by atoms with van der Waals surface area (Å²) < 4.78 is 5.25. The third-order valence-corrected chi connectivity index (χ3v) is 4.31. The first-order valence-corrected chi connectivity index (χ1v) is 7.06. The molecule has 1 amide bonds. The first-order valence-electron chi connectivity index (χ1n) is 6.68. The molecule has 0 radical (unpaired) electrons. The number of methoxy groups -OCH3 is 1. The lowest BCUT2D eigenvalue weighted by Gasteiger charge is -2.24. The zero-order valence-electron chi connectivity index (χ0n) is 11.8. The molecule has 1 aliphatic rings. The Bertz CT molecular complexity index is 552. The molecule has 1 aromatic rings. The summed E-state index contributed by atoms with van der Waals surface area (Å²) in [5.74, 6) is -0.705. The molecule has 1 N–H and O–H groups in total. The van der Waals surface area contributed by atoms with E-state index in [1.807, 2.05) is 13.8 Å². The number of rotatable bonds is 4. The van der Waals surface area contributed by atoms with Crippen LogP contribution < -0.4 is 10.1 Å². The Morgan fingerprint density at radius 2 is 1.95 bits per heavy atom. The standard InChI is InChI=1S/C15H18ClNO3/c1-4-15(5-2)13(18)12(14(19)17-15)10-7-6-9(16)8-11(10)20-3/h6-8,12H,4-5H2,1-3H3,(H,17,19). The molecule has 2 rings (SSSR count). The summed E-state index contributed by atoms with van der Waals surface area (Å²) in [6.07, 6.45) is 1.17. The van der Waals surface area contributed by atoms with Crippen molar-refractivity contribution in [2.24, 2.45) is 0 Å². The smallest absolute Gasteiger partial charge is 0.236 e. The number of benzene rings is 1. The molecular formula is C15H18ClNO3. The minimum atomic E-state index is -0.817. The summed E-state index contributed by atoms with van der Waals surface area (Å²) in [6, 6.07) is 4.97. The van der Waals surface area contributed by atoms with E-state index in [2.05, 4.69) is 5.32 Å². The number of nitrogens with one attached hydrogen (secondary N) is 1. The number of amides is 1. The van der Waals surface area contributed by atoms with Crippen molar-refractivity contribution in [2.45, 2.75) is 38.1 Å². The number of hydrogen-bond acceptors (Lipinski definition) is 3. The molecule has 1 heterocycles. The van der Waals surface area contributed by atoms with Crippen molar-refractivity contribution in [3.8, 4) is 5.75 Å². The van der Waals surface area contributed by atoms with E-state index < -0.39 is 11.5 Å². The van der Waals surface area contributed by atoms with E-state index in [0.29, 0.717) is 29.2 Å². The van der Waals surface area contributed by atoms with Crippen LogP contribution in [0.3, 0.4) is 0 Å². The third kappa shape index (κ3) is 2.18. The number of halogens is 1. The molecule has 4 nitrogen and oxygen atoms in total. The number of carbonyl (C=O) groups excluding carboxylic acids is 2. The van der Waals surface area contributed by atoms with Gasteiger partial charge in [-0.15, -0.1) is 0 Å². The summed E-state index contributed by atoms with van der Waals surface area (Å²) in [5.41, 5.74) is -0.185. The number of Topliss-reactive ketones (excluding diaryl/α,β-unsaturated/α-hetero) is 1. The van der Waals surface area contributed by atoms with Gasteiger partial charge in [-0.2, -0.15) is 0 Å². The topological polar surface area (TPSA) is 55.4 Å². The molecular weight excluding hydrogens is 278 g/mol. The lowest BCUT2D eigenvalue weighted by molar-refractivity contribution is -0.125. The Balaban J connectivity index is 2.48. The Kier molecular flexibility index (Phi) is 4.04. The van der Waals surface area contributed by atoms with Crippen LogP contribution in [0.25, 0.3) is 0 Å². The Labute approximate surface area is 123 Å². The maximum Gasteiger partial charge on any atom is 0.236 e. The molecule has 1 atom stereocenters. The highest BCUT2D eigenvalue weighted by atomic mass is 35.5. The van der Waals surface area contributed by atoms with Crippen molar-refractivity contribution in [3.63, 3.8) is 0 Å². The number of ether oxygens (including phenoxy) is 1. The van der Waals surface area contributed by atoms with Gasteiger partial charge in [0.2, 0.25) is 5.91 Å². The highest BCUT2D eigenvalue weighted by molar-refractivity contribution is 6.30. The van der Waals surface area contributed by atoms with Gasteiger partial charge in [0, 0.05) is 10.6 Å². The zero-order chi connectivity index (χ0) is 14.9. The van der Waals surface area contributed by atoms with Crippen LogP contribution in [0.1, 0.15) is 38.2 Å². The fourth-order valence-electron chi connectivity index (χ4n) is 2.75. The van der Waals surface area contributed by atoms with Gasteiger partial charge in [-0.25, -0.2) is 0 Å². The highest BCUT2D eigenvalue weighted by Crippen LogP contribution is 2.38. The zero-order valence-corrected chi connectivity index (χ0v) is 12.6. The molecule has 0 saturated carbocycles. The van der Waals surface area contributed by atoms with Crippen molar-refractivity contribution in [1.29, 1.82) is 0 Å². The molecule has 20 heavy (non-hydrogen) atoms. The average Bonchev–Trinajstić information content (AvgIpc) is 2.70. The lowest BCUT2D eigenvalue weighted by atomic mass is 9.83. The van der Waals surface area contributed by atoms with Gasteiger partial charge in [0.15, 0.2) is 5.78 Å². The first-order chi connectivity index (χ1) is 9.49. The van der Waals surface area contributed by atoms with E-state index in [1.54, 1.807) is 18.2 Å². The van der Waals surface area contributed by atoms with Crippen LogP contribution >= 0.6 is 11.6 Å². The third-order valence-electron chi connectivity index (χ3n) is 4.07. The van der Waals surface area contributed by atoms with E-state index >= 15 is 0 Å². The second kappa shape index (κ2) is 5.44. The van der Waals surface area contributed by atoms with Gasteiger partial charge >= 0.3 is 0 Å². The second-order valence-corrected chi connectivity index (χ2v) is 5.40. The van der Waals surface area contributed by atoms with E-state index in [1.165, 1.54) is 7.11 Å². The summed E-state index contributed by atoms with van der Waals surface area (Å²) in [4.78, 5) is 24.9. The van der Waals surface area contributed by atoms with Crippen LogP contribution in [0.2, 0.25) is 5.02 Å². The molecule has 1 saturated heterocycles. The lowest BCUT2D eigenvalue weighted by Crippen LogP contribution is -2.45. The molecule has 1 aromatic carbocycles. The van der Waals surface area contributed by atoms with E-state index in [9.17, 15) is 9.59 Å². The van der Waals surface area contributed by atoms with Gasteiger partial charge in [-0.05, 0) is 25.0 Å². The van der Waals surface area contributed by atoms with Crippen LogP contribution in [-0.4, -0.2) is 24.3 Å². The van der Waals surface area contributed by atoms with Crippen molar-refractivity contribution >= 4 is 23.3 Å². The molecule has 0 bridgehead atoms. The van der Waals surface area contributed by atoms with Gasteiger partial charge in [0.1, 0.15) is 11.7 Å². The van der Waals surface area contributed by atoms with Gasteiger partial charge in [0.05, 0.1) is 12.6 Å². The Hall–Kier alpha value is -1.55. The monoisotopic (exact) mass is 295 g/mol. The predicted molar refractivity (Wildman–Crippen MR) is 77.2 cm³/mol. The van der Waals surface area contributed by atoms with E-state index in [0.717, 1.165) is 0 Å². The van der Waals surface area contributed by atoms with Crippen LogP contribution in [-0.2, 0) is 9.59 Å². The average molecular weight is 296 g/mol. The van der Waals surface area contributed by atoms with Crippen LogP contribution in [0.5, 0.6) is 5.75 Å². The van der Waals surface area contributed by atoms with Crippen molar-refractivity contribution in [2.75, 3.05) is 7.11 Å². The minimum Gasteiger partial charge on any atom is -0.496 e. The normalized spacial score (nSPS) is 20.9. The fourth-order valence-corrected chi connectivity index (χ4v) is 2.91. The molecule has 1 fully saturated rings. The number of carbonyl (C=O) groups is 2. The van der Waals surface area contributed by atoms with Crippen molar-refractivity contribution < 1.29 is 14.3 Å². The van der Waals surface area contributed by atoms with Crippen LogP contribution in [0.15, 0.2) is 18.2 Å². The summed E-state index contributed by atoms with van der Waals surface area (Å²) >= 11 is 5.92. The maximum absolute atomic E-state index is 12.7. The van der Waals surface area contributed by atoms with Crippen molar-refractivity contribution in [1.82, 2.24) is 5.32 Å².